The highest BCUT2D eigenvalue weighted by molar-refractivity contribution is 5.47. The zero-order chi connectivity index (χ0) is 16.8. The quantitative estimate of drug-likeness (QED) is 0.823. The first-order chi connectivity index (χ1) is 11.1. The number of rotatable bonds is 7. The lowest BCUT2D eigenvalue weighted by Gasteiger charge is -2.18. The second-order valence-corrected chi connectivity index (χ2v) is 5.53. The summed E-state index contributed by atoms with van der Waals surface area (Å²) in [6, 6.07) is 9.02. The molecule has 23 heavy (non-hydrogen) atoms. The third-order valence-corrected chi connectivity index (χ3v) is 3.88. The van der Waals surface area contributed by atoms with Crippen molar-refractivity contribution in [2.24, 2.45) is 0 Å². The minimum atomic E-state index is -0.332. The van der Waals surface area contributed by atoms with Crippen LogP contribution in [0.25, 0.3) is 0 Å². The third-order valence-electron chi connectivity index (χ3n) is 3.88. The number of ether oxygens (including phenoxy) is 1. The maximum absolute atomic E-state index is 11.9. The first-order valence-corrected chi connectivity index (χ1v) is 7.87. The number of nitrogens with zero attached hydrogens (tertiary/aromatic N) is 1. The van der Waals surface area contributed by atoms with Crippen molar-refractivity contribution in [3.05, 3.63) is 51.9 Å². The van der Waals surface area contributed by atoms with E-state index in [1.54, 1.807) is 7.11 Å². The summed E-state index contributed by atoms with van der Waals surface area (Å²) in [5.74, 6) is 0.613. The average molecular weight is 316 g/mol. The molecule has 0 bridgehead atoms. The molecule has 2 aromatic rings. The number of aromatic hydroxyl groups is 1. The number of aryl methyl sites for hydroxylation is 1. The van der Waals surface area contributed by atoms with Crippen molar-refractivity contribution < 1.29 is 9.84 Å². The molecule has 0 spiro atoms. The normalized spacial score (nSPS) is 10.6. The van der Waals surface area contributed by atoms with Crippen LogP contribution in [0.15, 0.2) is 35.1 Å². The highest BCUT2D eigenvalue weighted by Crippen LogP contribution is 2.19. The maximum atomic E-state index is 11.9. The summed E-state index contributed by atoms with van der Waals surface area (Å²) in [6.07, 6.45) is 2.05. The molecule has 0 saturated heterocycles. The van der Waals surface area contributed by atoms with E-state index in [0.717, 1.165) is 36.5 Å². The smallest absolute Gasteiger partial charge is 0.223 e. The van der Waals surface area contributed by atoms with E-state index < -0.39 is 0 Å². The van der Waals surface area contributed by atoms with Gasteiger partial charge in [0.25, 0.3) is 0 Å². The van der Waals surface area contributed by atoms with Crippen LogP contribution in [-0.2, 0) is 13.1 Å². The fraction of sp³-hybridized carbons (Fsp3) is 0.389. The van der Waals surface area contributed by atoms with Crippen LogP contribution in [0.2, 0.25) is 0 Å². The first kappa shape index (κ1) is 16.9. The summed E-state index contributed by atoms with van der Waals surface area (Å²) in [5, 5.41) is 13.4. The predicted octanol–water partition coefficient (Wildman–Crippen LogP) is 3.28. The van der Waals surface area contributed by atoms with Gasteiger partial charge < -0.3 is 19.7 Å². The molecule has 0 fully saturated rings. The molecule has 5 heteroatoms. The lowest BCUT2D eigenvalue weighted by molar-refractivity contribution is 0.415. The van der Waals surface area contributed by atoms with Gasteiger partial charge >= 0.3 is 0 Å². The molecule has 2 rings (SSSR count). The summed E-state index contributed by atoms with van der Waals surface area (Å²) in [7, 11) is 1.62. The molecule has 124 valence electrons. The summed E-state index contributed by atoms with van der Waals surface area (Å²) in [4.78, 5) is 11.9. The molecule has 5 nitrogen and oxygen atoms in total. The van der Waals surface area contributed by atoms with Crippen molar-refractivity contribution >= 4 is 5.69 Å². The second kappa shape index (κ2) is 7.72. The molecule has 0 amide bonds. The standard InChI is InChI=1S/C18H24N2O3/c1-4-5-10-20-13(2)11-17(21)18(22)16(20)12-19-14-6-8-15(23-3)9-7-14/h6-9,11,19,22H,4-5,10,12H2,1-3H3. The molecule has 2 N–H and O–H groups in total. The van der Waals surface area contributed by atoms with E-state index in [-0.39, 0.29) is 11.2 Å². The summed E-state index contributed by atoms with van der Waals surface area (Å²) in [5.41, 5.74) is 2.06. The van der Waals surface area contributed by atoms with Crippen molar-refractivity contribution in [2.45, 2.75) is 39.8 Å². The lowest BCUT2D eigenvalue weighted by Crippen LogP contribution is -2.18. The number of benzene rings is 1. The molecular weight excluding hydrogens is 292 g/mol. The van der Waals surface area contributed by atoms with Crippen molar-refractivity contribution in [3.63, 3.8) is 0 Å². The van der Waals surface area contributed by atoms with Crippen LogP contribution < -0.4 is 15.5 Å². The minimum Gasteiger partial charge on any atom is -0.503 e. The molecule has 0 aliphatic carbocycles. The average Bonchev–Trinajstić information content (AvgIpc) is 2.56. The predicted molar refractivity (Wildman–Crippen MR) is 92.3 cm³/mol. The Morgan fingerprint density at radius 3 is 2.57 bits per heavy atom. The number of nitrogens with one attached hydrogen (secondary N) is 1. The van der Waals surface area contributed by atoms with Gasteiger partial charge in [0.1, 0.15) is 5.75 Å². The number of unbranched alkanes of at least 4 members (excludes halogenated alkanes) is 1. The molecule has 0 radical (unpaired) electrons. The molecule has 1 heterocycles. The lowest BCUT2D eigenvalue weighted by atomic mass is 10.2. The minimum absolute atomic E-state index is 0.173. The van der Waals surface area contributed by atoms with Crippen LogP contribution in [0.4, 0.5) is 5.69 Å². The van der Waals surface area contributed by atoms with Gasteiger partial charge in [-0.25, -0.2) is 0 Å². The fourth-order valence-corrected chi connectivity index (χ4v) is 2.52. The SMILES string of the molecule is CCCCn1c(C)cc(=O)c(O)c1CNc1ccc(OC)cc1. The van der Waals surface area contributed by atoms with Gasteiger partial charge in [-0.3, -0.25) is 4.79 Å². The zero-order valence-electron chi connectivity index (χ0n) is 13.9. The highest BCUT2D eigenvalue weighted by atomic mass is 16.5. The number of aromatic nitrogens is 1. The topological polar surface area (TPSA) is 63.5 Å². The molecule has 0 atom stereocenters. The van der Waals surface area contributed by atoms with Gasteiger partial charge in [-0.2, -0.15) is 0 Å². The van der Waals surface area contributed by atoms with Gasteiger partial charge in [0.15, 0.2) is 5.75 Å². The van der Waals surface area contributed by atoms with Crippen molar-refractivity contribution in [1.29, 1.82) is 0 Å². The summed E-state index contributed by atoms with van der Waals surface area (Å²) < 4.78 is 7.14. The van der Waals surface area contributed by atoms with Gasteiger partial charge in [0.05, 0.1) is 19.3 Å². The Kier molecular flexibility index (Phi) is 5.68. The molecular formula is C18H24N2O3. The van der Waals surface area contributed by atoms with Crippen LogP contribution in [0.5, 0.6) is 11.5 Å². The van der Waals surface area contributed by atoms with E-state index in [0.29, 0.717) is 12.2 Å². The van der Waals surface area contributed by atoms with E-state index in [9.17, 15) is 9.90 Å². The fourth-order valence-electron chi connectivity index (χ4n) is 2.52. The number of pyridine rings is 1. The monoisotopic (exact) mass is 316 g/mol. The number of hydrogen-bond acceptors (Lipinski definition) is 4. The Hall–Kier alpha value is -2.43. The molecule has 0 aliphatic rings. The Balaban J connectivity index is 2.24. The van der Waals surface area contributed by atoms with E-state index in [1.807, 2.05) is 35.8 Å². The van der Waals surface area contributed by atoms with Crippen LogP contribution >= 0.6 is 0 Å². The molecule has 0 aliphatic heterocycles. The summed E-state index contributed by atoms with van der Waals surface area (Å²) in [6.45, 7) is 5.19. The van der Waals surface area contributed by atoms with E-state index in [4.69, 9.17) is 4.74 Å². The van der Waals surface area contributed by atoms with Gasteiger partial charge in [-0.1, -0.05) is 13.3 Å². The Bertz CT molecular complexity index is 705. The first-order valence-electron chi connectivity index (χ1n) is 7.87. The van der Waals surface area contributed by atoms with E-state index >= 15 is 0 Å². The van der Waals surface area contributed by atoms with Gasteiger partial charge in [-0.15, -0.1) is 0 Å². The van der Waals surface area contributed by atoms with Gasteiger partial charge in [0, 0.05) is 24.0 Å². The largest absolute Gasteiger partial charge is 0.503 e. The van der Waals surface area contributed by atoms with Crippen LogP contribution in [0.3, 0.4) is 0 Å². The van der Waals surface area contributed by atoms with Crippen molar-refractivity contribution in [1.82, 2.24) is 4.57 Å². The molecule has 0 unspecified atom stereocenters. The molecule has 0 saturated carbocycles. The summed E-state index contributed by atoms with van der Waals surface area (Å²) >= 11 is 0. The second-order valence-electron chi connectivity index (χ2n) is 5.53. The Morgan fingerprint density at radius 1 is 1.26 bits per heavy atom. The third kappa shape index (κ3) is 4.06. The van der Waals surface area contributed by atoms with Crippen molar-refractivity contribution in [2.75, 3.05) is 12.4 Å². The molecule has 1 aromatic carbocycles. The molecule has 1 aromatic heterocycles. The highest BCUT2D eigenvalue weighted by Gasteiger charge is 2.12. The van der Waals surface area contributed by atoms with Gasteiger partial charge in [0.2, 0.25) is 5.43 Å². The maximum Gasteiger partial charge on any atom is 0.223 e. The Labute approximate surface area is 136 Å². The Morgan fingerprint density at radius 2 is 1.96 bits per heavy atom. The van der Waals surface area contributed by atoms with Crippen LogP contribution in [0, 0.1) is 6.92 Å². The number of anilines is 1. The van der Waals surface area contributed by atoms with Crippen LogP contribution in [-0.4, -0.2) is 16.8 Å². The number of methoxy groups -OCH3 is 1. The zero-order valence-corrected chi connectivity index (χ0v) is 13.9. The van der Waals surface area contributed by atoms with Crippen molar-refractivity contribution in [3.8, 4) is 11.5 Å². The van der Waals surface area contributed by atoms with E-state index in [2.05, 4.69) is 12.2 Å². The van der Waals surface area contributed by atoms with Gasteiger partial charge in [-0.05, 0) is 37.6 Å². The van der Waals surface area contributed by atoms with E-state index in [1.165, 1.54) is 6.07 Å². The van der Waals surface area contributed by atoms with Crippen LogP contribution in [0.1, 0.15) is 31.2 Å². The number of hydrogen-bond donors (Lipinski definition) is 2.